The Morgan fingerprint density at radius 2 is 1.89 bits per heavy atom. The standard InChI is InChI=1S/C16H25NO/c1-13-4-6-14(7-5-13)16(8-10-17)9-11-18-15(2,3)12-16/h4-7H,8-12,17H2,1-3H3. The summed E-state index contributed by atoms with van der Waals surface area (Å²) in [6, 6.07) is 8.95. The number of benzene rings is 1. The molecule has 0 radical (unpaired) electrons. The first kappa shape index (κ1) is 13.6. The van der Waals surface area contributed by atoms with Gasteiger partial charge in [-0.25, -0.2) is 0 Å². The summed E-state index contributed by atoms with van der Waals surface area (Å²) < 4.78 is 5.87. The SMILES string of the molecule is Cc1ccc(C2(CCN)CCOC(C)(C)C2)cc1. The molecule has 0 aliphatic carbocycles. The van der Waals surface area contributed by atoms with Gasteiger partial charge in [0.15, 0.2) is 0 Å². The van der Waals surface area contributed by atoms with Crippen LogP contribution in [0.3, 0.4) is 0 Å². The second-order valence-corrected chi connectivity index (χ2v) is 6.22. The number of hydrogen-bond acceptors (Lipinski definition) is 2. The van der Waals surface area contributed by atoms with Crippen molar-refractivity contribution in [3.05, 3.63) is 35.4 Å². The second kappa shape index (κ2) is 5.02. The molecule has 2 N–H and O–H groups in total. The van der Waals surface area contributed by atoms with Crippen LogP contribution < -0.4 is 5.73 Å². The molecule has 0 spiro atoms. The molecule has 2 rings (SSSR count). The Hall–Kier alpha value is -0.860. The molecule has 1 fully saturated rings. The van der Waals surface area contributed by atoms with Gasteiger partial charge in [-0.05, 0) is 52.1 Å². The van der Waals surface area contributed by atoms with Crippen LogP contribution in [0, 0.1) is 6.92 Å². The van der Waals surface area contributed by atoms with Gasteiger partial charge in [-0.2, -0.15) is 0 Å². The van der Waals surface area contributed by atoms with Crippen molar-refractivity contribution in [2.45, 2.75) is 51.0 Å². The molecule has 2 heteroatoms. The normalized spacial score (nSPS) is 27.1. The molecule has 1 aromatic rings. The summed E-state index contributed by atoms with van der Waals surface area (Å²) in [6.45, 7) is 8.08. The molecule has 0 saturated carbocycles. The van der Waals surface area contributed by atoms with Crippen molar-refractivity contribution in [3.63, 3.8) is 0 Å². The molecule has 1 heterocycles. The smallest absolute Gasteiger partial charge is 0.0635 e. The lowest BCUT2D eigenvalue weighted by molar-refractivity contribution is -0.0836. The molecule has 2 nitrogen and oxygen atoms in total. The fraction of sp³-hybridized carbons (Fsp3) is 0.625. The second-order valence-electron chi connectivity index (χ2n) is 6.22. The van der Waals surface area contributed by atoms with Gasteiger partial charge in [-0.1, -0.05) is 29.8 Å². The lowest BCUT2D eigenvalue weighted by Crippen LogP contribution is -2.45. The molecule has 0 bridgehead atoms. The number of rotatable bonds is 3. The van der Waals surface area contributed by atoms with Crippen LogP contribution in [0.1, 0.15) is 44.2 Å². The molecule has 1 aliphatic rings. The van der Waals surface area contributed by atoms with E-state index in [0.717, 1.165) is 32.4 Å². The van der Waals surface area contributed by atoms with Crippen molar-refractivity contribution >= 4 is 0 Å². The Morgan fingerprint density at radius 1 is 1.22 bits per heavy atom. The fourth-order valence-corrected chi connectivity index (χ4v) is 3.26. The maximum absolute atomic E-state index is 5.87. The van der Waals surface area contributed by atoms with Crippen LogP contribution in [0.5, 0.6) is 0 Å². The van der Waals surface area contributed by atoms with Crippen molar-refractivity contribution in [1.82, 2.24) is 0 Å². The summed E-state index contributed by atoms with van der Waals surface area (Å²) in [6.07, 6.45) is 3.18. The van der Waals surface area contributed by atoms with Gasteiger partial charge in [-0.15, -0.1) is 0 Å². The molecule has 100 valence electrons. The van der Waals surface area contributed by atoms with Crippen molar-refractivity contribution in [3.8, 4) is 0 Å². The number of ether oxygens (including phenoxy) is 1. The van der Waals surface area contributed by atoms with Gasteiger partial charge >= 0.3 is 0 Å². The van der Waals surface area contributed by atoms with Crippen LogP contribution in [-0.2, 0) is 10.2 Å². The Kier molecular flexibility index (Phi) is 3.79. The van der Waals surface area contributed by atoms with Crippen molar-refractivity contribution in [1.29, 1.82) is 0 Å². The van der Waals surface area contributed by atoms with Crippen LogP contribution in [0.15, 0.2) is 24.3 Å². The van der Waals surface area contributed by atoms with E-state index in [1.165, 1.54) is 11.1 Å². The minimum Gasteiger partial charge on any atom is -0.376 e. The Bertz CT molecular complexity index is 392. The summed E-state index contributed by atoms with van der Waals surface area (Å²) in [5.74, 6) is 0. The van der Waals surface area contributed by atoms with Gasteiger partial charge in [0, 0.05) is 12.0 Å². The summed E-state index contributed by atoms with van der Waals surface area (Å²) in [4.78, 5) is 0. The zero-order chi connectivity index (χ0) is 13.2. The lowest BCUT2D eigenvalue weighted by atomic mass is 9.67. The summed E-state index contributed by atoms with van der Waals surface area (Å²) >= 11 is 0. The maximum atomic E-state index is 5.87. The zero-order valence-corrected chi connectivity index (χ0v) is 11.8. The Morgan fingerprint density at radius 3 is 2.44 bits per heavy atom. The minimum absolute atomic E-state index is 0.0433. The molecule has 0 amide bonds. The monoisotopic (exact) mass is 247 g/mol. The van der Waals surface area contributed by atoms with Crippen molar-refractivity contribution < 1.29 is 4.74 Å². The molecule has 1 atom stereocenters. The summed E-state index contributed by atoms with van der Waals surface area (Å²) in [7, 11) is 0. The quantitative estimate of drug-likeness (QED) is 0.890. The van der Waals surface area contributed by atoms with Gasteiger partial charge in [0.25, 0.3) is 0 Å². The van der Waals surface area contributed by atoms with E-state index in [9.17, 15) is 0 Å². The highest BCUT2D eigenvalue weighted by Crippen LogP contribution is 2.43. The van der Waals surface area contributed by atoms with E-state index in [0.29, 0.717) is 0 Å². The van der Waals surface area contributed by atoms with Gasteiger partial charge in [-0.3, -0.25) is 0 Å². The highest BCUT2D eigenvalue weighted by atomic mass is 16.5. The van der Waals surface area contributed by atoms with Crippen LogP contribution in [0.2, 0.25) is 0 Å². The van der Waals surface area contributed by atoms with Gasteiger partial charge in [0.1, 0.15) is 0 Å². The van der Waals surface area contributed by atoms with E-state index in [2.05, 4.69) is 45.0 Å². The first-order valence-corrected chi connectivity index (χ1v) is 6.89. The van der Waals surface area contributed by atoms with E-state index < -0.39 is 0 Å². The van der Waals surface area contributed by atoms with Crippen molar-refractivity contribution in [2.75, 3.05) is 13.2 Å². The van der Waals surface area contributed by atoms with E-state index in [4.69, 9.17) is 10.5 Å². The molecule has 1 aromatic carbocycles. The highest BCUT2D eigenvalue weighted by molar-refractivity contribution is 5.30. The van der Waals surface area contributed by atoms with Crippen LogP contribution in [-0.4, -0.2) is 18.8 Å². The number of hydrogen-bond donors (Lipinski definition) is 1. The van der Waals surface area contributed by atoms with E-state index >= 15 is 0 Å². The highest BCUT2D eigenvalue weighted by Gasteiger charge is 2.41. The first-order chi connectivity index (χ1) is 8.47. The van der Waals surface area contributed by atoms with Gasteiger partial charge < -0.3 is 10.5 Å². The molecule has 0 aromatic heterocycles. The third kappa shape index (κ3) is 2.76. The third-order valence-corrected chi connectivity index (χ3v) is 4.12. The largest absolute Gasteiger partial charge is 0.376 e. The molecular weight excluding hydrogens is 222 g/mol. The molecule has 1 unspecified atom stereocenters. The van der Waals surface area contributed by atoms with E-state index in [1.54, 1.807) is 0 Å². The van der Waals surface area contributed by atoms with Crippen molar-refractivity contribution in [2.24, 2.45) is 5.73 Å². The van der Waals surface area contributed by atoms with Crippen LogP contribution in [0.25, 0.3) is 0 Å². The average Bonchev–Trinajstić information content (AvgIpc) is 2.28. The topological polar surface area (TPSA) is 35.2 Å². The minimum atomic E-state index is -0.0433. The van der Waals surface area contributed by atoms with Crippen LogP contribution in [0.4, 0.5) is 0 Å². The Balaban J connectivity index is 2.34. The van der Waals surface area contributed by atoms with Gasteiger partial charge in [0.2, 0.25) is 0 Å². The third-order valence-electron chi connectivity index (χ3n) is 4.12. The molecule has 18 heavy (non-hydrogen) atoms. The predicted octanol–water partition coefficient (Wildman–Crippen LogP) is 3.17. The zero-order valence-electron chi connectivity index (χ0n) is 11.8. The maximum Gasteiger partial charge on any atom is 0.0635 e. The van der Waals surface area contributed by atoms with Crippen LogP contribution >= 0.6 is 0 Å². The summed E-state index contributed by atoms with van der Waals surface area (Å²) in [5, 5.41) is 0. The summed E-state index contributed by atoms with van der Waals surface area (Å²) in [5.41, 5.74) is 8.75. The Labute approximate surface area is 111 Å². The number of aryl methyl sites for hydroxylation is 1. The first-order valence-electron chi connectivity index (χ1n) is 6.89. The van der Waals surface area contributed by atoms with Gasteiger partial charge in [0.05, 0.1) is 5.60 Å². The average molecular weight is 247 g/mol. The predicted molar refractivity (Wildman–Crippen MR) is 75.8 cm³/mol. The molecular formula is C16H25NO. The molecule has 1 saturated heterocycles. The molecule has 1 aliphatic heterocycles. The number of nitrogens with two attached hydrogens (primary N) is 1. The van der Waals surface area contributed by atoms with E-state index in [1.807, 2.05) is 0 Å². The lowest BCUT2D eigenvalue weighted by Gasteiger charge is -2.45. The van der Waals surface area contributed by atoms with E-state index in [-0.39, 0.29) is 11.0 Å². The fourth-order valence-electron chi connectivity index (χ4n) is 3.26.